The average molecular weight is 553 g/mol. The van der Waals surface area contributed by atoms with Gasteiger partial charge in [-0.25, -0.2) is 0 Å². The zero-order chi connectivity index (χ0) is 28.7. The third-order valence-electron chi connectivity index (χ3n) is 9.34. The van der Waals surface area contributed by atoms with E-state index in [4.69, 9.17) is 9.47 Å². The van der Waals surface area contributed by atoms with Crippen molar-refractivity contribution in [1.82, 2.24) is 0 Å². The van der Waals surface area contributed by atoms with Gasteiger partial charge < -0.3 is 14.4 Å². The second-order valence-electron chi connectivity index (χ2n) is 12.1. The van der Waals surface area contributed by atoms with Gasteiger partial charge in [-0.1, -0.05) is 92.7 Å². The van der Waals surface area contributed by atoms with Crippen molar-refractivity contribution in [2.45, 2.75) is 19.3 Å². The van der Waals surface area contributed by atoms with Crippen LogP contribution in [0.2, 0.25) is 0 Å². The summed E-state index contributed by atoms with van der Waals surface area (Å²) >= 11 is 0. The maximum Gasteiger partial charge on any atom is 0.260 e. The predicted octanol–water partition coefficient (Wildman–Crippen LogP) is 8.19. The van der Waals surface area contributed by atoms with Gasteiger partial charge >= 0.3 is 0 Å². The number of hydrogen-bond acceptors (Lipinski definition) is 3. The third kappa shape index (κ3) is 3.44. The Labute approximate surface area is 252 Å². The Hall–Kier alpha value is -5.22. The molecule has 0 spiro atoms. The van der Waals surface area contributed by atoms with Gasteiger partial charge in [0.05, 0.1) is 0 Å². The molecule has 0 aromatic heterocycles. The van der Waals surface area contributed by atoms with Crippen LogP contribution in [0.15, 0.2) is 133 Å². The first kappa shape index (κ1) is 24.4. The molecule has 204 valence electrons. The molecule has 0 bridgehead atoms. The molecule has 0 saturated carbocycles. The van der Waals surface area contributed by atoms with Crippen molar-refractivity contribution < 1.29 is 9.47 Å². The number of hydrogen-bond donors (Lipinski definition) is 0. The largest absolute Gasteiger partial charge is 0.458 e. The van der Waals surface area contributed by atoms with Gasteiger partial charge in [0.2, 0.25) is 0 Å². The minimum absolute atomic E-state index is 0.0620. The molecule has 0 atom stereocenters. The lowest BCUT2D eigenvalue weighted by Crippen LogP contribution is -2.57. The molecule has 1 aliphatic carbocycles. The van der Waals surface area contributed by atoms with Crippen LogP contribution in [0.4, 0.5) is 17.1 Å². The van der Waals surface area contributed by atoms with Gasteiger partial charge in [0.1, 0.15) is 23.0 Å². The topological polar surface area (TPSA) is 21.7 Å². The molecule has 0 amide bonds. The fourth-order valence-corrected chi connectivity index (χ4v) is 7.44. The smallest absolute Gasteiger partial charge is 0.260 e. The number of fused-ring (bicyclic) bond motifs is 8. The molecular formula is C39H28BNO2. The van der Waals surface area contributed by atoms with Crippen LogP contribution >= 0.6 is 0 Å². The summed E-state index contributed by atoms with van der Waals surface area (Å²) in [6, 6.07) is 47.2. The first-order valence-corrected chi connectivity index (χ1v) is 14.9. The second-order valence-corrected chi connectivity index (χ2v) is 12.1. The Bertz CT molecular complexity index is 2020. The van der Waals surface area contributed by atoms with Gasteiger partial charge in [-0.05, 0) is 82.2 Å². The highest BCUT2D eigenvalue weighted by molar-refractivity contribution is 6.98. The standard InChI is InChI=1S/C39H28BNO2/c1-39(2)30-23-27(41(25-13-5-3-6-14-25)26-15-7-4-8-16-26)21-22-28(30)29-24-35-37-38(36(29)39)43-34-20-12-10-18-32(34)40(37)31-17-9-11-19-33(31)42-35/h3-24H,1-2H3. The molecule has 0 fully saturated rings. The van der Waals surface area contributed by atoms with Crippen molar-refractivity contribution in [1.29, 1.82) is 0 Å². The highest BCUT2D eigenvalue weighted by atomic mass is 16.5. The van der Waals surface area contributed by atoms with Crippen LogP contribution in [0.3, 0.4) is 0 Å². The van der Waals surface area contributed by atoms with Gasteiger partial charge in [-0.3, -0.25) is 0 Å². The van der Waals surface area contributed by atoms with E-state index in [-0.39, 0.29) is 12.1 Å². The van der Waals surface area contributed by atoms with Crippen LogP contribution in [0.1, 0.15) is 25.0 Å². The molecule has 3 nitrogen and oxygen atoms in total. The minimum Gasteiger partial charge on any atom is -0.458 e. The van der Waals surface area contributed by atoms with Crippen LogP contribution in [-0.2, 0) is 5.41 Å². The number of anilines is 3. The Balaban J connectivity index is 1.26. The molecule has 6 aromatic carbocycles. The van der Waals surface area contributed by atoms with Crippen LogP contribution in [-0.4, -0.2) is 6.71 Å². The monoisotopic (exact) mass is 553 g/mol. The Kier molecular flexibility index (Phi) is 5.04. The normalized spacial score (nSPS) is 14.3. The number of para-hydroxylation sites is 4. The summed E-state index contributed by atoms with van der Waals surface area (Å²) in [6.07, 6.45) is 0. The summed E-state index contributed by atoms with van der Waals surface area (Å²) in [4.78, 5) is 2.33. The van der Waals surface area contributed by atoms with Crippen LogP contribution in [0, 0.1) is 0 Å². The summed E-state index contributed by atoms with van der Waals surface area (Å²) in [7, 11) is 0. The SMILES string of the molecule is CC1(C)c2cc(N(c3ccccc3)c3ccccc3)ccc2-c2cc3c4c(c21)Oc1ccccc1B4c1ccccc1O3. The second kappa shape index (κ2) is 8.89. The number of rotatable bonds is 3. The van der Waals surface area contributed by atoms with E-state index in [1.54, 1.807) is 0 Å². The van der Waals surface area contributed by atoms with Crippen LogP contribution in [0.25, 0.3) is 11.1 Å². The van der Waals surface area contributed by atoms with E-state index in [0.717, 1.165) is 45.5 Å². The third-order valence-corrected chi connectivity index (χ3v) is 9.34. The lowest BCUT2D eigenvalue weighted by atomic mass is 9.34. The van der Waals surface area contributed by atoms with Crippen molar-refractivity contribution in [2.24, 2.45) is 0 Å². The summed E-state index contributed by atoms with van der Waals surface area (Å²) in [5.41, 5.74) is 11.5. The molecule has 4 heteroatoms. The minimum atomic E-state index is -0.294. The molecule has 0 N–H and O–H groups in total. The quantitative estimate of drug-likeness (QED) is 0.206. The summed E-state index contributed by atoms with van der Waals surface area (Å²) < 4.78 is 13.5. The highest BCUT2D eigenvalue weighted by Crippen LogP contribution is 2.56. The summed E-state index contributed by atoms with van der Waals surface area (Å²) in [5.74, 6) is 3.66. The van der Waals surface area contributed by atoms with Gasteiger partial charge in [-0.15, -0.1) is 0 Å². The maximum absolute atomic E-state index is 6.87. The molecule has 2 aliphatic heterocycles. The van der Waals surface area contributed by atoms with E-state index in [0.29, 0.717) is 0 Å². The Morgan fingerprint density at radius 3 is 1.77 bits per heavy atom. The fraction of sp³-hybridized carbons (Fsp3) is 0.0769. The van der Waals surface area contributed by atoms with E-state index in [1.807, 2.05) is 0 Å². The van der Waals surface area contributed by atoms with Gasteiger partial charge in [-0.2, -0.15) is 0 Å². The van der Waals surface area contributed by atoms with E-state index >= 15 is 0 Å². The zero-order valence-electron chi connectivity index (χ0n) is 24.0. The molecule has 0 radical (unpaired) electrons. The van der Waals surface area contributed by atoms with Gasteiger partial charge in [0.15, 0.2) is 0 Å². The molecule has 2 heterocycles. The van der Waals surface area contributed by atoms with Gasteiger partial charge in [0, 0.05) is 33.5 Å². The Morgan fingerprint density at radius 2 is 1.12 bits per heavy atom. The number of nitrogens with zero attached hydrogens (tertiary/aromatic N) is 1. The number of ether oxygens (including phenoxy) is 2. The van der Waals surface area contributed by atoms with Crippen LogP contribution in [0.5, 0.6) is 23.0 Å². The maximum atomic E-state index is 6.87. The van der Waals surface area contributed by atoms with Gasteiger partial charge in [0.25, 0.3) is 6.71 Å². The van der Waals surface area contributed by atoms with Crippen molar-refractivity contribution in [3.8, 4) is 34.1 Å². The average Bonchev–Trinajstić information content (AvgIpc) is 3.27. The van der Waals surface area contributed by atoms with Crippen LogP contribution < -0.4 is 30.8 Å². The lowest BCUT2D eigenvalue weighted by Gasteiger charge is -2.36. The van der Waals surface area contributed by atoms with E-state index in [2.05, 4.69) is 152 Å². The first-order valence-electron chi connectivity index (χ1n) is 14.9. The molecular weight excluding hydrogens is 525 g/mol. The summed E-state index contributed by atoms with van der Waals surface area (Å²) in [6.45, 7) is 4.72. The summed E-state index contributed by atoms with van der Waals surface area (Å²) in [5, 5.41) is 0. The molecule has 0 saturated heterocycles. The highest BCUT2D eigenvalue weighted by Gasteiger charge is 2.47. The van der Waals surface area contributed by atoms with Crippen molar-refractivity contribution >= 4 is 40.2 Å². The van der Waals surface area contributed by atoms with E-state index < -0.39 is 0 Å². The first-order chi connectivity index (χ1) is 21.1. The number of benzene rings is 6. The zero-order valence-corrected chi connectivity index (χ0v) is 24.0. The van der Waals surface area contributed by atoms with E-state index in [9.17, 15) is 0 Å². The molecule has 0 unspecified atom stereocenters. The van der Waals surface area contributed by atoms with Crippen molar-refractivity contribution in [3.05, 3.63) is 145 Å². The predicted molar refractivity (Wildman–Crippen MR) is 176 cm³/mol. The van der Waals surface area contributed by atoms with Crippen molar-refractivity contribution in [2.75, 3.05) is 4.90 Å². The lowest BCUT2D eigenvalue weighted by molar-refractivity contribution is 0.453. The molecule has 3 aliphatic rings. The molecule has 43 heavy (non-hydrogen) atoms. The van der Waals surface area contributed by atoms with E-state index in [1.165, 1.54) is 33.2 Å². The van der Waals surface area contributed by atoms with Crippen molar-refractivity contribution in [3.63, 3.8) is 0 Å². The molecule has 6 aromatic rings. The fourth-order valence-electron chi connectivity index (χ4n) is 7.44. The Morgan fingerprint density at radius 1 is 0.535 bits per heavy atom. The molecule has 9 rings (SSSR count).